The minimum atomic E-state index is 0.773. The summed E-state index contributed by atoms with van der Waals surface area (Å²) in [6.07, 6.45) is 0. The molecule has 0 spiro atoms. The zero-order chi connectivity index (χ0) is 9.42. The summed E-state index contributed by atoms with van der Waals surface area (Å²) in [5.74, 6) is 0. The van der Waals surface area contributed by atoms with Gasteiger partial charge in [0, 0.05) is 17.6 Å². The van der Waals surface area contributed by atoms with E-state index in [9.17, 15) is 0 Å². The van der Waals surface area contributed by atoms with Crippen LogP contribution in [0.2, 0.25) is 0 Å². The SMILES string of the molecule is CCn1nc(Br)c2ccc(N)cc21. The van der Waals surface area contributed by atoms with Crippen molar-refractivity contribution in [2.24, 2.45) is 0 Å². The first-order chi connectivity index (χ1) is 6.22. The Hall–Kier alpha value is -1.03. The van der Waals surface area contributed by atoms with Gasteiger partial charge in [0.05, 0.1) is 5.52 Å². The van der Waals surface area contributed by atoms with Crippen LogP contribution in [0, 0.1) is 0 Å². The van der Waals surface area contributed by atoms with Gasteiger partial charge in [0.15, 0.2) is 0 Å². The van der Waals surface area contributed by atoms with Crippen molar-refractivity contribution in [3.63, 3.8) is 0 Å². The van der Waals surface area contributed by atoms with Crippen LogP contribution < -0.4 is 5.73 Å². The van der Waals surface area contributed by atoms with E-state index in [0.29, 0.717) is 0 Å². The molecule has 2 rings (SSSR count). The number of halogens is 1. The van der Waals surface area contributed by atoms with Gasteiger partial charge in [0.25, 0.3) is 0 Å². The Morgan fingerprint density at radius 3 is 3.00 bits per heavy atom. The van der Waals surface area contributed by atoms with Crippen LogP contribution in [0.5, 0.6) is 0 Å². The van der Waals surface area contributed by atoms with E-state index in [1.807, 2.05) is 22.9 Å². The molecule has 4 heteroatoms. The van der Waals surface area contributed by atoms with Crippen molar-refractivity contribution in [1.29, 1.82) is 0 Å². The van der Waals surface area contributed by atoms with E-state index < -0.39 is 0 Å². The van der Waals surface area contributed by atoms with Crippen molar-refractivity contribution in [2.45, 2.75) is 13.5 Å². The molecule has 13 heavy (non-hydrogen) atoms. The van der Waals surface area contributed by atoms with Crippen molar-refractivity contribution < 1.29 is 0 Å². The molecular formula is C9H10BrN3. The van der Waals surface area contributed by atoms with Crippen molar-refractivity contribution in [2.75, 3.05) is 5.73 Å². The number of nitrogens with two attached hydrogens (primary N) is 1. The molecule has 3 nitrogen and oxygen atoms in total. The highest BCUT2D eigenvalue weighted by Gasteiger charge is 2.06. The second kappa shape index (κ2) is 3.03. The van der Waals surface area contributed by atoms with E-state index in [0.717, 1.165) is 27.7 Å². The molecule has 0 unspecified atom stereocenters. The summed E-state index contributed by atoms with van der Waals surface area (Å²) in [5, 5.41) is 5.43. The maximum absolute atomic E-state index is 5.70. The van der Waals surface area contributed by atoms with Gasteiger partial charge < -0.3 is 5.73 Å². The summed E-state index contributed by atoms with van der Waals surface area (Å²) in [5.41, 5.74) is 7.55. The van der Waals surface area contributed by atoms with Gasteiger partial charge in [0.1, 0.15) is 4.60 Å². The number of fused-ring (bicyclic) bond motifs is 1. The maximum atomic E-state index is 5.70. The minimum Gasteiger partial charge on any atom is -0.399 e. The van der Waals surface area contributed by atoms with Crippen LogP contribution in [0.1, 0.15) is 6.92 Å². The lowest BCUT2D eigenvalue weighted by Crippen LogP contribution is -1.95. The fourth-order valence-electron chi connectivity index (χ4n) is 1.39. The lowest BCUT2D eigenvalue weighted by molar-refractivity contribution is 0.679. The van der Waals surface area contributed by atoms with Crippen LogP contribution in [0.25, 0.3) is 10.9 Å². The summed E-state index contributed by atoms with van der Waals surface area (Å²) in [4.78, 5) is 0. The maximum Gasteiger partial charge on any atom is 0.136 e. The van der Waals surface area contributed by atoms with Crippen LogP contribution >= 0.6 is 15.9 Å². The monoisotopic (exact) mass is 239 g/mol. The van der Waals surface area contributed by atoms with Crippen molar-refractivity contribution in [3.05, 3.63) is 22.8 Å². The van der Waals surface area contributed by atoms with Gasteiger partial charge in [-0.05, 0) is 41.1 Å². The number of nitrogen functional groups attached to an aromatic ring is 1. The summed E-state index contributed by atoms with van der Waals surface area (Å²) >= 11 is 3.41. The largest absolute Gasteiger partial charge is 0.399 e. The second-order valence-corrected chi connectivity index (χ2v) is 3.63. The van der Waals surface area contributed by atoms with Crippen LogP contribution in [-0.2, 0) is 6.54 Å². The Balaban J connectivity index is 2.81. The molecule has 2 aromatic rings. The molecule has 0 amide bonds. The highest BCUT2D eigenvalue weighted by atomic mass is 79.9. The smallest absolute Gasteiger partial charge is 0.136 e. The molecule has 1 aromatic carbocycles. The molecule has 0 saturated carbocycles. The number of nitrogens with zero attached hydrogens (tertiary/aromatic N) is 2. The number of benzene rings is 1. The number of hydrogen-bond donors (Lipinski definition) is 1. The molecule has 2 N–H and O–H groups in total. The first kappa shape index (κ1) is 8.56. The van der Waals surface area contributed by atoms with Crippen LogP contribution in [0.4, 0.5) is 5.69 Å². The molecule has 0 bridgehead atoms. The van der Waals surface area contributed by atoms with E-state index in [2.05, 4.69) is 28.0 Å². The Bertz CT molecular complexity index is 447. The average Bonchev–Trinajstić information content (AvgIpc) is 2.42. The first-order valence-corrected chi connectivity index (χ1v) is 4.93. The number of hydrogen-bond acceptors (Lipinski definition) is 2. The highest BCUT2D eigenvalue weighted by Crippen LogP contribution is 2.24. The summed E-state index contributed by atoms with van der Waals surface area (Å²) in [6, 6.07) is 5.80. The normalized spacial score (nSPS) is 10.9. The zero-order valence-electron chi connectivity index (χ0n) is 7.29. The van der Waals surface area contributed by atoms with E-state index in [-0.39, 0.29) is 0 Å². The quantitative estimate of drug-likeness (QED) is 0.778. The van der Waals surface area contributed by atoms with Gasteiger partial charge in [-0.15, -0.1) is 0 Å². The first-order valence-electron chi connectivity index (χ1n) is 4.14. The Kier molecular flexibility index (Phi) is 2.00. The zero-order valence-corrected chi connectivity index (χ0v) is 8.87. The standard InChI is InChI=1S/C9H10BrN3/c1-2-13-8-5-6(11)3-4-7(8)9(10)12-13/h3-5H,2,11H2,1H3. The lowest BCUT2D eigenvalue weighted by atomic mass is 10.2. The van der Waals surface area contributed by atoms with Gasteiger partial charge in [-0.2, -0.15) is 5.10 Å². The molecule has 0 radical (unpaired) electrons. The molecular weight excluding hydrogens is 230 g/mol. The number of aryl methyl sites for hydroxylation is 1. The summed E-state index contributed by atoms with van der Waals surface area (Å²) in [7, 11) is 0. The molecule has 1 heterocycles. The topological polar surface area (TPSA) is 43.8 Å². The van der Waals surface area contributed by atoms with Crippen molar-refractivity contribution in [1.82, 2.24) is 9.78 Å². The Morgan fingerprint density at radius 1 is 1.54 bits per heavy atom. The van der Waals surface area contributed by atoms with Gasteiger partial charge in [-0.3, -0.25) is 4.68 Å². The molecule has 0 saturated heterocycles. The summed E-state index contributed by atoms with van der Waals surface area (Å²) in [6.45, 7) is 2.91. The molecule has 0 fully saturated rings. The fraction of sp³-hybridized carbons (Fsp3) is 0.222. The average molecular weight is 240 g/mol. The number of anilines is 1. The molecule has 1 aromatic heterocycles. The Morgan fingerprint density at radius 2 is 2.31 bits per heavy atom. The number of rotatable bonds is 1. The third-order valence-corrected chi connectivity index (χ3v) is 2.62. The molecule has 0 aliphatic rings. The third kappa shape index (κ3) is 1.31. The van der Waals surface area contributed by atoms with E-state index in [1.54, 1.807) is 0 Å². The Labute approximate surface area is 84.7 Å². The third-order valence-electron chi connectivity index (χ3n) is 2.03. The van der Waals surface area contributed by atoms with Crippen LogP contribution in [0.3, 0.4) is 0 Å². The van der Waals surface area contributed by atoms with Crippen LogP contribution in [-0.4, -0.2) is 9.78 Å². The van der Waals surface area contributed by atoms with E-state index in [4.69, 9.17) is 5.73 Å². The predicted octanol–water partition coefficient (Wildman–Crippen LogP) is 2.40. The molecule has 0 aliphatic heterocycles. The van der Waals surface area contributed by atoms with E-state index in [1.165, 1.54) is 0 Å². The molecule has 0 atom stereocenters. The summed E-state index contributed by atoms with van der Waals surface area (Å²) < 4.78 is 2.81. The van der Waals surface area contributed by atoms with Crippen molar-refractivity contribution >= 4 is 32.5 Å². The highest BCUT2D eigenvalue weighted by molar-refractivity contribution is 9.10. The molecule has 68 valence electrons. The predicted molar refractivity (Wildman–Crippen MR) is 57.5 cm³/mol. The van der Waals surface area contributed by atoms with Crippen LogP contribution in [0.15, 0.2) is 22.8 Å². The second-order valence-electron chi connectivity index (χ2n) is 2.88. The van der Waals surface area contributed by atoms with Gasteiger partial charge in [-0.25, -0.2) is 0 Å². The fourth-order valence-corrected chi connectivity index (χ4v) is 1.92. The number of aromatic nitrogens is 2. The van der Waals surface area contributed by atoms with Gasteiger partial charge >= 0.3 is 0 Å². The van der Waals surface area contributed by atoms with Crippen molar-refractivity contribution in [3.8, 4) is 0 Å². The lowest BCUT2D eigenvalue weighted by Gasteiger charge is -1.98. The minimum absolute atomic E-state index is 0.773. The van der Waals surface area contributed by atoms with Gasteiger partial charge in [0.2, 0.25) is 0 Å². The van der Waals surface area contributed by atoms with Gasteiger partial charge in [-0.1, -0.05) is 0 Å². The molecule has 0 aliphatic carbocycles. The van der Waals surface area contributed by atoms with E-state index >= 15 is 0 Å².